The van der Waals surface area contributed by atoms with Gasteiger partial charge >= 0.3 is 0 Å². The summed E-state index contributed by atoms with van der Waals surface area (Å²) < 4.78 is 13.1. The Morgan fingerprint density at radius 3 is 2.12 bits per heavy atom. The van der Waals surface area contributed by atoms with Gasteiger partial charge in [0.25, 0.3) is 8.32 Å². The van der Waals surface area contributed by atoms with E-state index < -0.39 is 14.4 Å². The largest absolute Gasteiger partial charge is 0.543 e. The van der Waals surface area contributed by atoms with E-state index in [9.17, 15) is 5.11 Å². The summed E-state index contributed by atoms with van der Waals surface area (Å²) in [6.07, 6.45) is 1.71. The van der Waals surface area contributed by atoms with Crippen LogP contribution in [-0.2, 0) is 0 Å². The number of hydrogen-bond acceptors (Lipinski definition) is 4. The summed E-state index contributed by atoms with van der Waals surface area (Å²) in [5.74, 6) is 2.27. The van der Waals surface area contributed by atoms with E-state index in [4.69, 9.17) is 9.16 Å². The van der Waals surface area contributed by atoms with Crippen LogP contribution in [0.1, 0.15) is 77.5 Å². The van der Waals surface area contributed by atoms with E-state index in [-0.39, 0.29) is 6.04 Å². The van der Waals surface area contributed by atoms with E-state index in [1.54, 1.807) is 0 Å². The second-order valence-electron chi connectivity index (χ2n) is 11.2. The lowest BCUT2D eigenvalue weighted by atomic mass is 9.87. The van der Waals surface area contributed by atoms with Crippen LogP contribution in [-0.4, -0.2) is 44.1 Å². The van der Waals surface area contributed by atoms with E-state index in [0.717, 1.165) is 43.0 Å². The molecule has 0 radical (unpaired) electrons. The number of fused-ring (bicyclic) bond motifs is 1. The van der Waals surface area contributed by atoms with Gasteiger partial charge in [-0.15, -0.1) is 0 Å². The molecule has 2 aromatic rings. The Hall–Kier alpha value is -1.82. The fourth-order valence-corrected chi connectivity index (χ4v) is 11.8. The smallest absolute Gasteiger partial charge is 0.258 e. The second kappa shape index (κ2) is 10.4. The minimum Gasteiger partial charge on any atom is -0.543 e. The van der Waals surface area contributed by atoms with Crippen molar-refractivity contribution in [1.82, 2.24) is 4.90 Å². The maximum Gasteiger partial charge on any atom is 0.258 e. The van der Waals surface area contributed by atoms with Crippen molar-refractivity contribution < 1.29 is 14.3 Å². The number of aliphatic hydroxyl groups is 1. The highest BCUT2D eigenvalue weighted by Gasteiger charge is 2.47. The minimum absolute atomic E-state index is 0.00597. The molecule has 2 aromatic carbocycles. The predicted octanol–water partition coefficient (Wildman–Crippen LogP) is 6.91. The highest BCUT2D eigenvalue weighted by Crippen LogP contribution is 2.45. The van der Waals surface area contributed by atoms with Crippen LogP contribution in [0.25, 0.3) is 0 Å². The zero-order chi connectivity index (χ0) is 24.5. The summed E-state index contributed by atoms with van der Waals surface area (Å²) in [7, 11) is -2.03. The van der Waals surface area contributed by atoms with Crippen LogP contribution in [0.5, 0.6) is 11.5 Å². The summed E-state index contributed by atoms with van der Waals surface area (Å²) in [4.78, 5) is 2.42. The third-order valence-corrected chi connectivity index (χ3v) is 14.4. The van der Waals surface area contributed by atoms with Crippen LogP contribution in [0.4, 0.5) is 0 Å². The molecule has 1 N–H and O–H groups in total. The van der Waals surface area contributed by atoms with Gasteiger partial charge in [-0.2, -0.15) is 0 Å². The normalized spacial score (nSPS) is 22.2. The molecule has 0 spiro atoms. The number of nitrogens with zero attached hydrogens (tertiary/aromatic N) is 1. The second-order valence-corrected chi connectivity index (χ2v) is 16.5. The van der Waals surface area contributed by atoms with Crippen LogP contribution < -0.4 is 9.16 Å². The Morgan fingerprint density at radius 1 is 0.912 bits per heavy atom. The Labute approximate surface area is 207 Å². The zero-order valence-corrected chi connectivity index (χ0v) is 22.8. The number of likely N-dealkylation sites (tertiary alicyclic amines) is 1. The molecule has 4 rings (SSSR count). The standard InChI is InChI=1S/C29H43NO3Si/c1-20(2)34(21(3)4,22(5)6)33-25-12-13-26-28(18-25)32-19-27(29(26)31)30-16-14-24(15-17-30)23-10-8-7-9-11-23/h7-13,18,20-22,24,27,29,31H,14-17,19H2,1-6H3/t27-,29+/m1/s1. The summed E-state index contributed by atoms with van der Waals surface area (Å²) in [5.41, 5.74) is 3.86. The number of hydrogen-bond donors (Lipinski definition) is 1. The molecule has 5 heteroatoms. The lowest BCUT2D eigenvalue weighted by Gasteiger charge is -2.43. The van der Waals surface area contributed by atoms with Gasteiger partial charge in [0, 0.05) is 11.6 Å². The number of piperidine rings is 1. The van der Waals surface area contributed by atoms with Crippen molar-refractivity contribution in [1.29, 1.82) is 0 Å². The van der Waals surface area contributed by atoms with Crippen molar-refractivity contribution in [2.75, 3.05) is 19.7 Å². The molecule has 2 heterocycles. The number of aliphatic hydroxyl groups excluding tert-OH is 1. The molecule has 1 fully saturated rings. The van der Waals surface area contributed by atoms with Crippen LogP contribution >= 0.6 is 0 Å². The molecule has 0 unspecified atom stereocenters. The molecule has 0 aliphatic carbocycles. The summed E-state index contributed by atoms with van der Waals surface area (Å²) >= 11 is 0. The Bertz CT molecular complexity index is 916. The molecule has 2 aliphatic heterocycles. The molecule has 4 nitrogen and oxygen atoms in total. The summed E-state index contributed by atoms with van der Waals surface area (Å²) in [6.45, 7) is 16.3. The first-order chi connectivity index (χ1) is 16.2. The van der Waals surface area contributed by atoms with Gasteiger partial charge in [-0.1, -0.05) is 71.9 Å². The number of ether oxygens (including phenoxy) is 1. The van der Waals surface area contributed by atoms with E-state index in [1.165, 1.54) is 5.56 Å². The molecule has 1 saturated heterocycles. The highest BCUT2D eigenvalue weighted by atomic mass is 28.4. The lowest BCUT2D eigenvalue weighted by Crippen LogP contribution is -2.50. The lowest BCUT2D eigenvalue weighted by molar-refractivity contribution is -0.00673. The van der Waals surface area contributed by atoms with Gasteiger partial charge in [-0.05, 0) is 66.2 Å². The molecule has 0 bridgehead atoms. The molecule has 34 heavy (non-hydrogen) atoms. The van der Waals surface area contributed by atoms with Crippen LogP contribution in [0.2, 0.25) is 16.6 Å². The maximum atomic E-state index is 11.3. The third-order valence-electron chi connectivity index (χ3n) is 8.35. The van der Waals surface area contributed by atoms with E-state index in [0.29, 0.717) is 29.1 Å². The van der Waals surface area contributed by atoms with Gasteiger partial charge in [-0.3, -0.25) is 4.90 Å². The quantitative estimate of drug-likeness (QED) is 0.436. The first kappa shape index (κ1) is 25.3. The molecule has 0 amide bonds. The monoisotopic (exact) mass is 481 g/mol. The van der Waals surface area contributed by atoms with Gasteiger partial charge in [0.2, 0.25) is 0 Å². The average molecular weight is 482 g/mol. The van der Waals surface area contributed by atoms with E-state index in [1.807, 2.05) is 18.2 Å². The average Bonchev–Trinajstić information content (AvgIpc) is 2.83. The minimum atomic E-state index is -2.03. The van der Waals surface area contributed by atoms with Crippen LogP contribution in [0.3, 0.4) is 0 Å². The molecule has 0 saturated carbocycles. The van der Waals surface area contributed by atoms with E-state index in [2.05, 4.69) is 76.8 Å². The molecular weight excluding hydrogens is 438 g/mol. The van der Waals surface area contributed by atoms with E-state index >= 15 is 0 Å². The van der Waals surface area contributed by atoms with Gasteiger partial charge < -0.3 is 14.3 Å². The van der Waals surface area contributed by atoms with Gasteiger partial charge in [-0.25, -0.2) is 0 Å². The van der Waals surface area contributed by atoms with Crippen molar-refractivity contribution in [3.05, 3.63) is 59.7 Å². The first-order valence-electron chi connectivity index (χ1n) is 13.2. The number of benzene rings is 2. The van der Waals surface area contributed by atoms with Crippen molar-refractivity contribution >= 4 is 8.32 Å². The van der Waals surface area contributed by atoms with Crippen LogP contribution in [0, 0.1) is 0 Å². The highest BCUT2D eigenvalue weighted by molar-refractivity contribution is 6.78. The van der Waals surface area contributed by atoms with Crippen molar-refractivity contribution in [3.63, 3.8) is 0 Å². The fourth-order valence-electron chi connectivity index (χ4n) is 6.57. The topological polar surface area (TPSA) is 41.9 Å². The van der Waals surface area contributed by atoms with Gasteiger partial charge in [0.1, 0.15) is 24.2 Å². The summed E-state index contributed by atoms with van der Waals surface area (Å²) in [6, 6.07) is 16.9. The Kier molecular flexibility index (Phi) is 7.75. The maximum absolute atomic E-state index is 11.3. The van der Waals surface area contributed by atoms with Crippen LogP contribution in [0.15, 0.2) is 48.5 Å². The van der Waals surface area contributed by atoms with Crippen molar-refractivity contribution in [2.45, 2.75) is 89.1 Å². The Morgan fingerprint density at radius 2 is 1.53 bits per heavy atom. The zero-order valence-electron chi connectivity index (χ0n) is 21.8. The van der Waals surface area contributed by atoms with Crippen molar-refractivity contribution in [3.8, 4) is 11.5 Å². The van der Waals surface area contributed by atoms with Gasteiger partial charge in [0.05, 0.1) is 6.04 Å². The fraction of sp³-hybridized carbons (Fsp3) is 0.586. The summed E-state index contributed by atoms with van der Waals surface area (Å²) in [5, 5.41) is 11.3. The number of rotatable bonds is 7. The van der Waals surface area contributed by atoms with Crippen molar-refractivity contribution in [2.24, 2.45) is 0 Å². The Balaban J connectivity index is 1.45. The molecule has 186 valence electrons. The molecule has 0 aromatic heterocycles. The molecular formula is C29H43NO3Si. The molecule has 2 atom stereocenters. The first-order valence-corrected chi connectivity index (χ1v) is 15.3. The molecule has 2 aliphatic rings. The predicted molar refractivity (Wildman–Crippen MR) is 142 cm³/mol. The SMILES string of the molecule is CC(C)[Si](Oc1ccc2c(c1)OC[C@@H](N1CCC(c3ccccc3)CC1)[C@H]2O)(C(C)C)C(C)C. The van der Waals surface area contributed by atoms with Gasteiger partial charge in [0.15, 0.2) is 0 Å². The third kappa shape index (κ3) is 4.80.